The Balaban J connectivity index is 0.00000144. The monoisotopic (exact) mass is 289 g/mol. The highest BCUT2D eigenvalue weighted by Gasteiger charge is 2.07. The van der Waals surface area contributed by atoms with Gasteiger partial charge in [-0.1, -0.05) is 13.0 Å². The van der Waals surface area contributed by atoms with Crippen LogP contribution in [0.15, 0.2) is 23.7 Å². The van der Waals surface area contributed by atoms with Crippen LogP contribution in [-0.4, -0.2) is 16.4 Å². The predicted molar refractivity (Wildman–Crippen MR) is 77.9 cm³/mol. The molecule has 0 fully saturated rings. The minimum absolute atomic E-state index is 0. The highest BCUT2D eigenvalue weighted by Crippen LogP contribution is 2.19. The Morgan fingerprint density at radius 3 is 2.65 bits per heavy atom. The van der Waals surface area contributed by atoms with Gasteiger partial charge in [0.2, 0.25) is 0 Å². The number of aromatic nitrogens is 1. The third kappa shape index (κ3) is 4.27. The molecule has 2 heterocycles. The van der Waals surface area contributed by atoms with Crippen LogP contribution in [0.1, 0.15) is 16.7 Å². The summed E-state index contributed by atoms with van der Waals surface area (Å²) < 4.78 is 0. The minimum Gasteiger partial charge on any atom is -0.375 e. The molecule has 0 spiro atoms. The van der Waals surface area contributed by atoms with E-state index in [0.717, 1.165) is 19.6 Å². The third-order valence-electron chi connectivity index (χ3n) is 2.36. The Morgan fingerprint density at radius 2 is 2.12 bits per heavy atom. The van der Waals surface area contributed by atoms with Crippen molar-refractivity contribution in [3.8, 4) is 0 Å². The van der Waals surface area contributed by atoms with Crippen molar-refractivity contribution in [2.45, 2.75) is 20.0 Å². The maximum Gasteiger partial charge on any atom is 0.180 e. The van der Waals surface area contributed by atoms with E-state index in [1.165, 1.54) is 9.75 Å². The van der Waals surface area contributed by atoms with Gasteiger partial charge in [-0.15, -0.1) is 35.1 Å². The SMILES string of the molecule is CCN(Cc1cccs1)Cc1cnc(N)s1.Cl. The van der Waals surface area contributed by atoms with E-state index in [2.05, 4.69) is 34.3 Å². The van der Waals surface area contributed by atoms with Gasteiger partial charge in [-0.25, -0.2) is 4.98 Å². The molecule has 2 aromatic heterocycles. The number of rotatable bonds is 5. The van der Waals surface area contributed by atoms with Gasteiger partial charge in [0.05, 0.1) is 0 Å². The Kier molecular flexibility index (Phi) is 5.91. The molecule has 0 aromatic carbocycles. The molecule has 0 aliphatic carbocycles. The van der Waals surface area contributed by atoms with Crippen LogP contribution in [0.25, 0.3) is 0 Å². The number of nitrogen functional groups attached to an aromatic ring is 1. The van der Waals surface area contributed by atoms with Gasteiger partial charge in [0.1, 0.15) is 0 Å². The van der Waals surface area contributed by atoms with Crippen molar-refractivity contribution in [3.05, 3.63) is 33.5 Å². The van der Waals surface area contributed by atoms with Gasteiger partial charge in [-0.2, -0.15) is 0 Å². The standard InChI is InChI=1S/C11H15N3S2.ClH/c1-2-14(7-9-4-3-5-15-9)8-10-6-13-11(12)16-10;/h3-6H,2,7-8H2,1H3,(H2,12,13);1H. The molecule has 3 nitrogen and oxygen atoms in total. The summed E-state index contributed by atoms with van der Waals surface area (Å²) in [6.07, 6.45) is 1.87. The Morgan fingerprint density at radius 1 is 1.35 bits per heavy atom. The molecule has 0 saturated heterocycles. The number of thiazole rings is 1. The lowest BCUT2D eigenvalue weighted by molar-refractivity contribution is 0.276. The fourth-order valence-electron chi connectivity index (χ4n) is 1.52. The van der Waals surface area contributed by atoms with Crippen molar-refractivity contribution < 1.29 is 0 Å². The van der Waals surface area contributed by atoms with Crippen LogP contribution in [0, 0.1) is 0 Å². The summed E-state index contributed by atoms with van der Waals surface area (Å²) in [5.74, 6) is 0. The first-order valence-electron chi connectivity index (χ1n) is 5.23. The average molecular weight is 290 g/mol. The first-order valence-corrected chi connectivity index (χ1v) is 6.92. The normalized spacial score (nSPS) is 10.5. The zero-order chi connectivity index (χ0) is 11.4. The summed E-state index contributed by atoms with van der Waals surface area (Å²) >= 11 is 3.38. The molecular weight excluding hydrogens is 274 g/mol. The Labute approximate surface area is 116 Å². The average Bonchev–Trinajstić information content (AvgIpc) is 2.89. The van der Waals surface area contributed by atoms with Crippen molar-refractivity contribution in [2.24, 2.45) is 0 Å². The molecule has 94 valence electrons. The third-order valence-corrected chi connectivity index (χ3v) is 4.03. The van der Waals surface area contributed by atoms with E-state index < -0.39 is 0 Å². The first-order chi connectivity index (χ1) is 7.78. The van der Waals surface area contributed by atoms with E-state index >= 15 is 0 Å². The van der Waals surface area contributed by atoms with Crippen molar-refractivity contribution in [2.75, 3.05) is 12.3 Å². The highest BCUT2D eigenvalue weighted by molar-refractivity contribution is 7.15. The quantitative estimate of drug-likeness (QED) is 0.919. The second kappa shape index (κ2) is 6.96. The molecular formula is C11H16ClN3S2. The van der Waals surface area contributed by atoms with Crippen LogP contribution in [0.4, 0.5) is 5.13 Å². The highest BCUT2D eigenvalue weighted by atomic mass is 35.5. The van der Waals surface area contributed by atoms with Crippen molar-refractivity contribution in [1.82, 2.24) is 9.88 Å². The van der Waals surface area contributed by atoms with Gasteiger partial charge >= 0.3 is 0 Å². The predicted octanol–water partition coefficient (Wildman–Crippen LogP) is 3.23. The summed E-state index contributed by atoms with van der Waals surface area (Å²) in [4.78, 5) is 9.10. The summed E-state index contributed by atoms with van der Waals surface area (Å²) in [5.41, 5.74) is 5.62. The van der Waals surface area contributed by atoms with Crippen LogP contribution in [-0.2, 0) is 13.1 Å². The van der Waals surface area contributed by atoms with Crippen LogP contribution >= 0.6 is 35.1 Å². The largest absolute Gasteiger partial charge is 0.375 e. The van der Waals surface area contributed by atoms with E-state index in [1.54, 1.807) is 22.7 Å². The molecule has 0 atom stereocenters. The lowest BCUT2D eigenvalue weighted by Gasteiger charge is -2.18. The second-order valence-corrected chi connectivity index (χ2v) is 5.73. The fourth-order valence-corrected chi connectivity index (χ4v) is 2.99. The first kappa shape index (κ1) is 14.4. The number of nitrogens with two attached hydrogens (primary N) is 1. The zero-order valence-corrected chi connectivity index (χ0v) is 12.1. The van der Waals surface area contributed by atoms with E-state index in [-0.39, 0.29) is 12.4 Å². The van der Waals surface area contributed by atoms with E-state index in [4.69, 9.17) is 5.73 Å². The molecule has 0 unspecified atom stereocenters. The van der Waals surface area contributed by atoms with Crippen LogP contribution in [0.5, 0.6) is 0 Å². The van der Waals surface area contributed by atoms with Gasteiger partial charge < -0.3 is 5.73 Å². The number of thiophene rings is 1. The van der Waals surface area contributed by atoms with E-state index in [0.29, 0.717) is 5.13 Å². The Bertz CT molecular complexity index is 428. The summed E-state index contributed by atoms with van der Waals surface area (Å²) in [5, 5.41) is 2.77. The number of anilines is 1. The van der Waals surface area contributed by atoms with Gasteiger partial charge in [0.25, 0.3) is 0 Å². The summed E-state index contributed by atoms with van der Waals surface area (Å²) in [6, 6.07) is 4.27. The van der Waals surface area contributed by atoms with Gasteiger partial charge in [-0.05, 0) is 18.0 Å². The number of nitrogens with zero attached hydrogens (tertiary/aromatic N) is 2. The number of hydrogen-bond donors (Lipinski definition) is 1. The van der Waals surface area contributed by atoms with Crippen molar-refractivity contribution in [3.63, 3.8) is 0 Å². The molecule has 0 radical (unpaired) electrons. The minimum atomic E-state index is 0. The van der Waals surface area contributed by atoms with Crippen LogP contribution < -0.4 is 5.73 Å². The van der Waals surface area contributed by atoms with Gasteiger partial charge in [-0.3, -0.25) is 4.90 Å². The molecule has 2 N–H and O–H groups in total. The molecule has 0 saturated carbocycles. The lowest BCUT2D eigenvalue weighted by Crippen LogP contribution is -2.21. The van der Waals surface area contributed by atoms with Gasteiger partial charge in [0, 0.05) is 29.0 Å². The van der Waals surface area contributed by atoms with E-state index in [1.807, 2.05) is 6.20 Å². The topological polar surface area (TPSA) is 42.2 Å². The molecule has 0 aliphatic heterocycles. The molecule has 0 bridgehead atoms. The number of halogens is 1. The maximum atomic E-state index is 5.62. The Hall–Kier alpha value is -0.620. The number of hydrogen-bond acceptors (Lipinski definition) is 5. The molecule has 2 aromatic rings. The molecule has 17 heavy (non-hydrogen) atoms. The lowest BCUT2D eigenvalue weighted by atomic mass is 10.4. The molecule has 0 amide bonds. The molecule has 0 aliphatic rings. The summed E-state index contributed by atoms with van der Waals surface area (Å²) in [7, 11) is 0. The van der Waals surface area contributed by atoms with Crippen LogP contribution in [0.2, 0.25) is 0 Å². The van der Waals surface area contributed by atoms with Gasteiger partial charge in [0.15, 0.2) is 5.13 Å². The smallest absolute Gasteiger partial charge is 0.180 e. The van der Waals surface area contributed by atoms with E-state index in [9.17, 15) is 0 Å². The second-order valence-electron chi connectivity index (χ2n) is 3.55. The fraction of sp³-hybridized carbons (Fsp3) is 0.364. The molecule has 6 heteroatoms. The maximum absolute atomic E-state index is 5.62. The molecule has 2 rings (SSSR count). The van der Waals surface area contributed by atoms with Crippen molar-refractivity contribution in [1.29, 1.82) is 0 Å². The summed E-state index contributed by atoms with van der Waals surface area (Å²) in [6.45, 7) is 5.16. The zero-order valence-electron chi connectivity index (χ0n) is 9.63. The van der Waals surface area contributed by atoms with Crippen LogP contribution in [0.3, 0.4) is 0 Å². The van der Waals surface area contributed by atoms with Crippen molar-refractivity contribution >= 4 is 40.2 Å².